The van der Waals surface area contributed by atoms with Crippen LogP contribution >= 0.6 is 11.6 Å². The van der Waals surface area contributed by atoms with Gasteiger partial charge in [0.2, 0.25) is 5.82 Å². The second-order valence-corrected chi connectivity index (χ2v) is 9.52. The van der Waals surface area contributed by atoms with E-state index in [1.807, 2.05) is 53.1 Å². The fourth-order valence-electron chi connectivity index (χ4n) is 4.24. The van der Waals surface area contributed by atoms with Gasteiger partial charge in [-0.05, 0) is 41.2 Å². The number of hydrogen-bond donors (Lipinski definition) is 3. The van der Waals surface area contributed by atoms with Crippen molar-refractivity contribution in [3.8, 4) is 22.5 Å². The number of aromatic nitrogens is 6. The molecule has 0 atom stereocenters. The van der Waals surface area contributed by atoms with Crippen molar-refractivity contribution in [2.45, 2.75) is 52.2 Å². The van der Waals surface area contributed by atoms with Gasteiger partial charge in [0.1, 0.15) is 5.82 Å². The lowest BCUT2D eigenvalue weighted by Crippen LogP contribution is -2.18. The lowest BCUT2D eigenvalue weighted by Gasteiger charge is -2.12. The van der Waals surface area contributed by atoms with Gasteiger partial charge < -0.3 is 14.4 Å². The van der Waals surface area contributed by atoms with Crippen LogP contribution in [0.4, 0.5) is 4.79 Å². The van der Waals surface area contributed by atoms with Crippen molar-refractivity contribution in [1.82, 2.24) is 35.1 Å². The summed E-state index contributed by atoms with van der Waals surface area (Å²) in [5, 5.41) is 38.9. The molecule has 0 spiro atoms. The molecule has 0 saturated heterocycles. The molecule has 0 radical (unpaired) electrons. The second-order valence-electron chi connectivity index (χ2n) is 9.17. The molecule has 0 bridgehead atoms. The van der Waals surface area contributed by atoms with E-state index in [1.54, 1.807) is 0 Å². The minimum Gasteiger partial charge on any atom is -0.447 e. The van der Waals surface area contributed by atoms with Crippen molar-refractivity contribution < 1.29 is 29.9 Å². The standard InChI is InChI=1S/C27H32ClN7O6/c1-2-3-10-24-29-25(28)23(18-36)33(24)17-19-11-13-20(14-12-19)21-8-4-5-9-22(21)26-30-32-34(31-26)27(37)40-15-6-7-16-41-35(38)39/h4-5,8-9,11-14,36,38-39H,2-3,6-7,10,15-18H2,1H3. The van der Waals surface area contributed by atoms with E-state index in [9.17, 15) is 9.90 Å². The van der Waals surface area contributed by atoms with Gasteiger partial charge in [-0.25, -0.2) is 9.78 Å². The van der Waals surface area contributed by atoms with Gasteiger partial charge in [0, 0.05) is 18.5 Å². The summed E-state index contributed by atoms with van der Waals surface area (Å²) < 4.78 is 7.12. The van der Waals surface area contributed by atoms with Gasteiger partial charge in [0.05, 0.1) is 30.9 Å². The molecule has 3 N–H and O–H groups in total. The van der Waals surface area contributed by atoms with E-state index in [1.165, 1.54) is 0 Å². The third-order valence-corrected chi connectivity index (χ3v) is 6.63. The molecule has 2 aromatic heterocycles. The minimum absolute atomic E-state index is 0.0512. The molecule has 4 rings (SSSR count). The quantitative estimate of drug-likeness (QED) is 0.141. The number of aliphatic hydroxyl groups excluding tert-OH is 1. The number of unbranched alkanes of at least 4 members (excludes halogenated alkanes) is 2. The second kappa shape index (κ2) is 14.8. The Bertz CT molecular complexity index is 1420. The van der Waals surface area contributed by atoms with Crippen LogP contribution in [0.3, 0.4) is 0 Å². The first kappa shape index (κ1) is 30.2. The van der Waals surface area contributed by atoms with Crippen LogP contribution in [0.5, 0.6) is 0 Å². The third-order valence-electron chi connectivity index (χ3n) is 6.33. The molecule has 0 aliphatic rings. The number of halogens is 1. The van der Waals surface area contributed by atoms with E-state index in [2.05, 4.69) is 32.2 Å². The Morgan fingerprint density at radius 1 is 1.02 bits per heavy atom. The summed E-state index contributed by atoms with van der Waals surface area (Å²) in [6.07, 6.45) is 2.89. The predicted octanol–water partition coefficient (Wildman–Crippen LogP) is 4.52. The van der Waals surface area contributed by atoms with Crippen LogP contribution in [0, 0.1) is 0 Å². The number of rotatable bonds is 14. The number of nitrogens with zero attached hydrogens (tertiary/aromatic N) is 7. The number of carbonyl (C=O) groups is 1. The van der Waals surface area contributed by atoms with Gasteiger partial charge in [-0.3, -0.25) is 15.3 Å². The molecule has 218 valence electrons. The van der Waals surface area contributed by atoms with Crippen molar-refractivity contribution in [2.75, 3.05) is 13.2 Å². The fraction of sp³-hybridized carbons (Fsp3) is 0.370. The summed E-state index contributed by atoms with van der Waals surface area (Å²) in [6.45, 7) is 2.59. The van der Waals surface area contributed by atoms with E-state index < -0.39 is 6.09 Å². The van der Waals surface area contributed by atoms with Gasteiger partial charge in [-0.2, -0.15) is 0 Å². The number of hydrogen-bond acceptors (Lipinski definition) is 11. The molecule has 0 unspecified atom stereocenters. The summed E-state index contributed by atoms with van der Waals surface area (Å²) >= 11 is 6.29. The molecule has 0 saturated carbocycles. The first-order valence-corrected chi connectivity index (χ1v) is 13.6. The molecule has 0 aliphatic heterocycles. The Labute approximate surface area is 241 Å². The maximum atomic E-state index is 12.3. The van der Waals surface area contributed by atoms with Gasteiger partial charge in [0.15, 0.2) is 5.15 Å². The molecule has 13 nitrogen and oxygen atoms in total. The molecular weight excluding hydrogens is 554 g/mol. The highest BCUT2D eigenvalue weighted by molar-refractivity contribution is 6.30. The Morgan fingerprint density at radius 2 is 1.76 bits per heavy atom. The molecule has 0 amide bonds. The number of aryl methyl sites for hydroxylation is 1. The Balaban J connectivity index is 1.45. The number of benzene rings is 2. The van der Waals surface area contributed by atoms with Gasteiger partial charge in [-0.1, -0.05) is 78.3 Å². The molecule has 0 aliphatic carbocycles. The highest BCUT2D eigenvalue weighted by atomic mass is 35.5. The summed E-state index contributed by atoms with van der Waals surface area (Å²) in [7, 11) is 0. The van der Waals surface area contributed by atoms with E-state index in [0.717, 1.165) is 46.6 Å². The van der Waals surface area contributed by atoms with Crippen molar-refractivity contribution in [3.63, 3.8) is 0 Å². The SMILES string of the molecule is CCCCc1nc(Cl)c(CO)n1Cc1ccc(-c2ccccc2-c2nnn(C(=O)OCCCCON(O)O)n2)cc1. The Hall–Kier alpha value is -3.72. The zero-order chi connectivity index (χ0) is 29.2. The van der Waals surface area contributed by atoms with Crippen LogP contribution in [-0.2, 0) is 29.1 Å². The smallest absolute Gasteiger partial charge is 0.447 e. The molecule has 14 heteroatoms. The van der Waals surface area contributed by atoms with E-state index in [-0.39, 0.29) is 31.0 Å². The van der Waals surface area contributed by atoms with Crippen molar-refractivity contribution >= 4 is 17.7 Å². The third kappa shape index (κ3) is 7.94. The zero-order valence-corrected chi connectivity index (χ0v) is 23.3. The van der Waals surface area contributed by atoms with E-state index in [0.29, 0.717) is 35.8 Å². The van der Waals surface area contributed by atoms with Crippen LogP contribution in [0.1, 0.15) is 49.7 Å². The molecule has 2 aromatic carbocycles. The van der Waals surface area contributed by atoms with E-state index in [4.69, 9.17) is 26.8 Å². The lowest BCUT2D eigenvalue weighted by molar-refractivity contribution is -0.492. The first-order chi connectivity index (χ1) is 19.9. The summed E-state index contributed by atoms with van der Waals surface area (Å²) in [5.74, 6) is 1.12. The average Bonchev–Trinajstić information content (AvgIpc) is 3.58. The number of carbonyl (C=O) groups excluding carboxylic acids is 1. The maximum absolute atomic E-state index is 12.3. The highest BCUT2D eigenvalue weighted by Crippen LogP contribution is 2.30. The predicted molar refractivity (Wildman–Crippen MR) is 147 cm³/mol. The first-order valence-electron chi connectivity index (χ1n) is 13.2. The highest BCUT2D eigenvalue weighted by Gasteiger charge is 2.18. The molecule has 2 heterocycles. The number of aliphatic hydroxyl groups is 1. The van der Waals surface area contributed by atoms with Crippen molar-refractivity contribution in [1.29, 1.82) is 0 Å². The number of ether oxygens (including phenoxy) is 1. The number of tetrazole rings is 1. The average molecular weight is 586 g/mol. The summed E-state index contributed by atoms with van der Waals surface area (Å²) in [6, 6.07) is 15.6. The number of imidazole rings is 1. The molecule has 4 aromatic rings. The van der Waals surface area contributed by atoms with Crippen LogP contribution in [0.25, 0.3) is 22.5 Å². The largest absolute Gasteiger partial charge is 0.453 e. The molecule has 41 heavy (non-hydrogen) atoms. The van der Waals surface area contributed by atoms with Gasteiger partial charge in [0.25, 0.3) is 0 Å². The Kier molecular flexibility index (Phi) is 10.9. The maximum Gasteiger partial charge on any atom is 0.453 e. The van der Waals surface area contributed by atoms with Gasteiger partial charge in [-0.15, -0.1) is 10.2 Å². The van der Waals surface area contributed by atoms with Crippen molar-refractivity contribution in [2.24, 2.45) is 0 Å². The normalized spacial score (nSPS) is 11.4. The van der Waals surface area contributed by atoms with Crippen LogP contribution in [-0.4, -0.2) is 70.0 Å². The summed E-state index contributed by atoms with van der Waals surface area (Å²) in [5.41, 5.74) is 4.11. The van der Waals surface area contributed by atoms with Crippen LogP contribution in [0.2, 0.25) is 5.15 Å². The monoisotopic (exact) mass is 585 g/mol. The molecular formula is C27H32ClN7O6. The summed E-state index contributed by atoms with van der Waals surface area (Å²) in [4.78, 5) is 22.0. The van der Waals surface area contributed by atoms with Crippen molar-refractivity contribution in [3.05, 3.63) is 70.8 Å². The van der Waals surface area contributed by atoms with E-state index >= 15 is 0 Å². The lowest BCUT2D eigenvalue weighted by atomic mass is 9.98. The van der Waals surface area contributed by atoms with Crippen LogP contribution in [0.15, 0.2) is 48.5 Å². The van der Waals surface area contributed by atoms with Gasteiger partial charge >= 0.3 is 6.09 Å². The fourth-order valence-corrected chi connectivity index (χ4v) is 4.50. The molecule has 0 fully saturated rings. The Morgan fingerprint density at radius 3 is 2.46 bits per heavy atom. The van der Waals surface area contributed by atoms with Crippen LogP contribution < -0.4 is 0 Å². The topological polar surface area (TPSA) is 161 Å². The zero-order valence-electron chi connectivity index (χ0n) is 22.6. The minimum atomic E-state index is -0.780.